The number of fused-ring (bicyclic) bond motifs is 2. The maximum Gasteiger partial charge on any atom is 0.261 e. The fraction of sp³-hybridized carbons (Fsp3) is 0.200. The Balaban J connectivity index is 1.45. The Morgan fingerprint density at radius 2 is 1.86 bits per heavy atom. The molecule has 0 radical (unpaired) electrons. The number of aromatic amines is 2. The Hall–Kier alpha value is -3.99. The van der Waals surface area contributed by atoms with Crippen molar-refractivity contribution in [3.8, 4) is 11.4 Å². The first-order chi connectivity index (χ1) is 17.4. The zero-order valence-corrected chi connectivity index (χ0v) is 19.7. The van der Waals surface area contributed by atoms with Crippen LogP contribution in [0.15, 0.2) is 53.5 Å². The Morgan fingerprint density at radius 3 is 2.61 bits per heavy atom. The van der Waals surface area contributed by atoms with Gasteiger partial charge in [-0.15, -0.1) is 0 Å². The highest BCUT2D eigenvalue weighted by molar-refractivity contribution is 6.30. The lowest BCUT2D eigenvalue weighted by molar-refractivity contribution is 0.0645. The molecule has 5 N–H and O–H groups in total. The summed E-state index contributed by atoms with van der Waals surface area (Å²) in [6.07, 6.45) is 0.903. The van der Waals surface area contributed by atoms with E-state index in [0.29, 0.717) is 33.7 Å². The average molecular weight is 508 g/mol. The van der Waals surface area contributed by atoms with Crippen molar-refractivity contribution in [2.75, 3.05) is 25.0 Å². The van der Waals surface area contributed by atoms with Gasteiger partial charge in [-0.25, -0.2) is 4.98 Å². The minimum atomic E-state index is -0.875. The largest absolute Gasteiger partial charge is 0.396 e. The van der Waals surface area contributed by atoms with Crippen molar-refractivity contribution in [3.05, 3.63) is 80.7 Å². The topological polar surface area (TPSA) is 151 Å². The molecule has 1 atom stereocenters. The standard InChI is InChI=1S/C25H22ClN5O5/c26-14-4-1-3-13(9-14)20(33)12-28-17-5-6-27-23(34)21(17)22-29-18-10-15-16(11-19(18)30-22)25(36)31(24(15)35)7-2-8-32/h1,3-6,9-11,20,32-33H,2,7-8,12H2,(H,29,30)(H2,27,28,34). The SMILES string of the molecule is O=C1c2cc3nc(-c4c(NCC(O)c5cccc(Cl)c5)cc[nH]c4=O)[nH]c3cc2C(=O)N1CCCO. The summed E-state index contributed by atoms with van der Waals surface area (Å²) < 4.78 is 0. The zero-order valence-electron chi connectivity index (χ0n) is 18.9. The molecule has 184 valence electrons. The van der Waals surface area contributed by atoms with E-state index < -0.39 is 23.5 Å². The maximum atomic E-state index is 12.8. The number of benzene rings is 2. The van der Waals surface area contributed by atoms with E-state index in [-0.39, 0.29) is 42.2 Å². The summed E-state index contributed by atoms with van der Waals surface area (Å²) in [5.74, 6) is -0.631. The minimum absolute atomic E-state index is 0.109. The van der Waals surface area contributed by atoms with Crippen LogP contribution in [-0.4, -0.2) is 61.6 Å². The average Bonchev–Trinajstić information content (AvgIpc) is 3.38. The number of imidazole rings is 1. The van der Waals surface area contributed by atoms with Crippen molar-refractivity contribution in [2.45, 2.75) is 12.5 Å². The second kappa shape index (κ2) is 9.57. The summed E-state index contributed by atoms with van der Waals surface area (Å²) >= 11 is 6.01. The van der Waals surface area contributed by atoms with Crippen molar-refractivity contribution in [3.63, 3.8) is 0 Å². The van der Waals surface area contributed by atoms with Gasteiger partial charge in [-0.05, 0) is 42.3 Å². The second-order valence-electron chi connectivity index (χ2n) is 8.39. The molecule has 4 aromatic rings. The monoisotopic (exact) mass is 507 g/mol. The first-order valence-electron chi connectivity index (χ1n) is 11.3. The van der Waals surface area contributed by atoms with Crippen LogP contribution < -0.4 is 10.9 Å². The molecule has 11 heteroatoms. The van der Waals surface area contributed by atoms with Gasteiger partial charge in [0.1, 0.15) is 11.4 Å². The number of nitrogens with one attached hydrogen (secondary N) is 3. The van der Waals surface area contributed by atoms with Crippen LogP contribution in [0.3, 0.4) is 0 Å². The summed E-state index contributed by atoms with van der Waals surface area (Å²) in [4.78, 5) is 49.5. The number of anilines is 1. The fourth-order valence-corrected chi connectivity index (χ4v) is 4.44. The molecule has 10 nitrogen and oxygen atoms in total. The molecule has 0 spiro atoms. The Morgan fingerprint density at radius 1 is 1.08 bits per heavy atom. The highest BCUT2D eigenvalue weighted by Crippen LogP contribution is 2.30. The highest BCUT2D eigenvalue weighted by atomic mass is 35.5. The van der Waals surface area contributed by atoms with Gasteiger partial charge in [-0.2, -0.15) is 0 Å². The summed E-state index contributed by atoms with van der Waals surface area (Å²) in [6.45, 7) is 0.111. The summed E-state index contributed by atoms with van der Waals surface area (Å²) in [7, 11) is 0. The molecule has 0 fully saturated rings. The van der Waals surface area contributed by atoms with E-state index >= 15 is 0 Å². The molecular formula is C25H22ClN5O5. The number of nitrogens with zero attached hydrogens (tertiary/aromatic N) is 2. The molecule has 1 aliphatic heterocycles. The molecule has 1 aliphatic rings. The summed E-state index contributed by atoms with van der Waals surface area (Å²) in [6, 6.07) is 11.6. The summed E-state index contributed by atoms with van der Waals surface area (Å²) in [5.41, 5.74) is 2.25. The highest BCUT2D eigenvalue weighted by Gasteiger charge is 2.36. The first-order valence-corrected chi connectivity index (χ1v) is 11.7. The van der Waals surface area contributed by atoms with E-state index in [1.807, 2.05) is 0 Å². The van der Waals surface area contributed by atoms with Crippen LogP contribution in [0, 0.1) is 0 Å². The molecule has 2 aromatic carbocycles. The normalized spacial score (nSPS) is 13.9. The Labute approximate surface area is 209 Å². The van der Waals surface area contributed by atoms with Crippen LogP contribution in [0.1, 0.15) is 38.8 Å². The number of amides is 2. The van der Waals surface area contributed by atoms with E-state index in [1.165, 1.54) is 12.3 Å². The molecule has 2 aromatic heterocycles. The quantitative estimate of drug-likeness (QED) is 0.230. The third-order valence-corrected chi connectivity index (χ3v) is 6.26. The second-order valence-corrected chi connectivity index (χ2v) is 8.82. The number of carbonyl (C=O) groups is 2. The van der Waals surface area contributed by atoms with Gasteiger partial charge < -0.3 is 25.5 Å². The molecule has 3 heterocycles. The number of aliphatic hydroxyl groups excluding tert-OH is 2. The Kier molecular flexibility index (Phi) is 6.31. The Bertz CT molecular complexity index is 1490. The molecule has 0 saturated carbocycles. The molecule has 0 aliphatic carbocycles. The lowest BCUT2D eigenvalue weighted by atomic mass is 10.1. The van der Waals surface area contributed by atoms with Crippen molar-refractivity contribution in [1.82, 2.24) is 19.9 Å². The first kappa shape index (κ1) is 23.7. The molecule has 2 amide bonds. The molecule has 0 bridgehead atoms. The van der Waals surface area contributed by atoms with Gasteiger partial charge in [-0.1, -0.05) is 23.7 Å². The van der Waals surface area contributed by atoms with Gasteiger partial charge in [0, 0.05) is 30.9 Å². The maximum absolute atomic E-state index is 12.8. The smallest absolute Gasteiger partial charge is 0.261 e. The van der Waals surface area contributed by atoms with Crippen LogP contribution in [0.2, 0.25) is 5.02 Å². The number of halogens is 1. The van der Waals surface area contributed by atoms with Crippen molar-refractivity contribution in [2.24, 2.45) is 0 Å². The van der Waals surface area contributed by atoms with Gasteiger partial charge >= 0.3 is 0 Å². The fourth-order valence-electron chi connectivity index (χ4n) is 4.24. The van der Waals surface area contributed by atoms with E-state index in [9.17, 15) is 19.5 Å². The lowest BCUT2D eigenvalue weighted by Gasteiger charge is -2.15. The molecule has 36 heavy (non-hydrogen) atoms. The molecule has 5 rings (SSSR count). The lowest BCUT2D eigenvalue weighted by Crippen LogP contribution is -2.31. The van der Waals surface area contributed by atoms with E-state index in [0.717, 1.165) is 4.90 Å². The van der Waals surface area contributed by atoms with Crippen molar-refractivity contribution in [1.29, 1.82) is 0 Å². The van der Waals surface area contributed by atoms with Gasteiger partial charge in [-0.3, -0.25) is 19.3 Å². The van der Waals surface area contributed by atoms with Gasteiger partial charge in [0.25, 0.3) is 17.4 Å². The number of carbonyl (C=O) groups excluding carboxylic acids is 2. The van der Waals surface area contributed by atoms with E-state index in [4.69, 9.17) is 16.7 Å². The van der Waals surface area contributed by atoms with Crippen LogP contribution >= 0.6 is 11.6 Å². The van der Waals surface area contributed by atoms with Crippen molar-refractivity contribution >= 4 is 40.1 Å². The predicted octanol–water partition coefficient (Wildman–Crippen LogP) is 2.70. The van der Waals surface area contributed by atoms with E-state index in [2.05, 4.69) is 20.3 Å². The predicted molar refractivity (Wildman–Crippen MR) is 134 cm³/mol. The minimum Gasteiger partial charge on any atom is -0.396 e. The zero-order chi connectivity index (χ0) is 25.4. The number of imide groups is 1. The van der Waals surface area contributed by atoms with Crippen LogP contribution in [0.4, 0.5) is 5.69 Å². The molecule has 1 unspecified atom stereocenters. The summed E-state index contributed by atoms with van der Waals surface area (Å²) in [5, 5.41) is 23.2. The number of hydrogen-bond acceptors (Lipinski definition) is 7. The number of hydrogen-bond donors (Lipinski definition) is 5. The number of aromatic nitrogens is 3. The number of pyridine rings is 1. The molecule has 0 saturated heterocycles. The van der Waals surface area contributed by atoms with Crippen molar-refractivity contribution < 1.29 is 19.8 Å². The van der Waals surface area contributed by atoms with Gasteiger partial charge in [0.15, 0.2) is 0 Å². The molecular weight excluding hydrogens is 486 g/mol. The number of aliphatic hydroxyl groups is 2. The number of H-pyrrole nitrogens is 2. The number of rotatable bonds is 8. The van der Waals surface area contributed by atoms with Crippen LogP contribution in [0.5, 0.6) is 0 Å². The third kappa shape index (κ3) is 4.26. The van der Waals surface area contributed by atoms with E-state index in [1.54, 1.807) is 36.4 Å². The van der Waals surface area contributed by atoms with Gasteiger partial charge in [0.2, 0.25) is 0 Å². The third-order valence-electron chi connectivity index (χ3n) is 6.03. The van der Waals surface area contributed by atoms with Crippen LogP contribution in [0.25, 0.3) is 22.4 Å². The van der Waals surface area contributed by atoms with Crippen LogP contribution in [-0.2, 0) is 0 Å². The van der Waals surface area contributed by atoms with Gasteiger partial charge in [0.05, 0.1) is 34.0 Å².